The molecule has 0 aliphatic heterocycles. The molecule has 0 spiro atoms. The van der Waals surface area contributed by atoms with E-state index in [2.05, 4.69) is 6.07 Å². The van der Waals surface area contributed by atoms with Crippen molar-refractivity contribution in [2.24, 2.45) is 5.92 Å². The van der Waals surface area contributed by atoms with Gasteiger partial charge in [-0.1, -0.05) is 12.1 Å². The number of ether oxygens (including phenoxy) is 1. The van der Waals surface area contributed by atoms with Crippen molar-refractivity contribution in [3.05, 3.63) is 29.3 Å². The quantitative estimate of drug-likeness (QED) is 0.657. The van der Waals surface area contributed by atoms with Gasteiger partial charge in [0.1, 0.15) is 5.60 Å². The van der Waals surface area contributed by atoms with E-state index in [1.807, 2.05) is 32.9 Å². The van der Waals surface area contributed by atoms with Crippen LogP contribution >= 0.6 is 0 Å². The second-order valence-electron chi connectivity index (χ2n) is 6.38. The lowest BCUT2D eigenvalue weighted by molar-refractivity contribution is -0.156. The number of carbonyl (C=O) groups excluding carboxylic acids is 1. The van der Waals surface area contributed by atoms with Gasteiger partial charge in [-0.2, -0.15) is 0 Å². The van der Waals surface area contributed by atoms with Gasteiger partial charge in [0.05, 0.1) is 0 Å². The van der Waals surface area contributed by atoms with Gasteiger partial charge in [-0.25, -0.2) is 0 Å². The zero-order chi connectivity index (χ0) is 14.0. The van der Waals surface area contributed by atoms with E-state index in [9.17, 15) is 4.79 Å². The maximum absolute atomic E-state index is 11.9. The predicted octanol–water partition coefficient (Wildman–Crippen LogP) is 3.11. The molecule has 0 bridgehead atoms. The molecule has 0 amide bonds. The van der Waals surface area contributed by atoms with Gasteiger partial charge in [0.2, 0.25) is 0 Å². The first-order chi connectivity index (χ1) is 8.85. The van der Waals surface area contributed by atoms with Crippen LogP contribution in [0.15, 0.2) is 18.2 Å². The Kier molecular flexibility index (Phi) is 3.83. The van der Waals surface area contributed by atoms with Gasteiger partial charge in [0.15, 0.2) is 0 Å². The van der Waals surface area contributed by atoms with E-state index in [-0.39, 0.29) is 5.97 Å². The van der Waals surface area contributed by atoms with Crippen LogP contribution in [-0.2, 0) is 22.4 Å². The predicted molar refractivity (Wildman–Crippen MR) is 76.8 cm³/mol. The fraction of sp³-hybridized carbons (Fsp3) is 0.562. The van der Waals surface area contributed by atoms with Crippen molar-refractivity contribution in [3.8, 4) is 0 Å². The summed E-state index contributed by atoms with van der Waals surface area (Å²) in [5.74, 6) is 0.286. The Hall–Kier alpha value is -1.51. The number of anilines is 1. The van der Waals surface area contributed by atoms with Crippen LogP contribution in [0.4, 0.5) is 5.69 Å². The van der Waals surface area contributed by atoms with E-state index in [1.54, 1.807) is 0 Å². The number of fused-ring (bicyclic) bond motifs is 1. The minimum absolute atomic E-state index is 0.0927. The van der Waals surface area contributed by atoms with E-state index in [0.717, 1.165) is 24.9 Å². The minimum atomic E-state index is -0.395. The molecule has 1 atom stereocenters. The number of hydrogen-bond acceptors (Lipinski definition) is 3. The molecule has 1 aromatic carbocycles. The summed E-state index contributed by atoms with van der Waals surface area (Å²) in [7, 11) is 0. The van der Waals surface area contributed by atoms with E-state index in [0.29, 0.717) is 12.3 Å². The molecule has 19 heavy (non-hydrogen) atoms. The lowest BCUT2D eigenvalue weighted by Gasteiger charge is -2.26. The smallest absolute Gasteiger partial charge is 0.306 e. The Morgan fingerprint density at radius 1 is 1.42 bits per heavy atom. The van der Waals surface area contributed by atoms with Crippen molar-refractivity contribution in [3.63, 3.8) is 0 Å². The average Bonchev–Trinajstić information content (AvgIpc) is 2.26. The van der Waals surface area contributed by atoms with Crippen LogP contribution in [0.3, 0.4) is 0 Å². The van der Waals surface area contributed by atoms with Gasteiger partial charge in [-0.3, -0.25) is 4.79 Å². The molecule has 0 saturated carbocycles. The molecule has 1 aromatic rings. The number of hydrogen-bond donors (Lipinski definition) is 1. The number of nitrogens with two attached hydrogens (primary N) is 1. The van der Waals surface area contributed by atoms with Crippen molar-refractivity contribution in [1.82, 2.24) is 0 Å². The van der Waals surface area contributed by atoms with Crippen molar-refractivity contribution in [2.75, 3.05) is 5.73 Å². The maximum atomic E-state index is 11.9. The van der Waals surface area contributed by atoms with Gasteiger partial charge in [0.25, 0.3) is 0 Å². The zero-order valence-corrected chi connectivity index (χ0v) is 12.0. The normalized spacial score (nSPS) is 18.8. The monoisotopic (exact) mass is 261 g/mol. The molecule has 1 unspecified atom stereocenters. The highest BCUT2D eigenvalue weighted by Crippen LogP contribution is 2.31. The zero-order valence-electron chi connectivity index (χ0n) is 12.0. The summed E-state index contributed by atoms with van der Waals surface area (Å²) >= 11 is 0. The molecule has 0 fully saturated rings. The highest BCUT2D eigenvalue weighted by Gasteiger charge is 2.24. The molecular weight excluding hydrogens is 238 g/mol. The first-order valence-electron chi connectivity index (χ1n) is 6.93. The highest BCUT2D eigenvalue weighted by molar-refractivity contribution is 5.70. The maximum Gasteiger partial charge on any atom is 0.306 e. The summed E-state index contributed by atoms with van der Waals surface area (Å²) in [5.41, 5.74) is 9.03. The number of benzene rings is 1. The average molecular weight is 261 g/mol. The molecule has 0 saturated heterocycles. The molecule has 104 valence electrons. The summed E-state index contributed by atoms with van der Waals surface area (Å²) in [5, 5.41) is 0. The molecule has 0 aromatic heterocycles. The molecular formula is C16H23NO2. The van der Waals surface area contributed by atoms with E-state index in [4.69, 9.17) is 10.5 Å². The molecule has 2 N–H and O–H groups in total. The summed E-state index contributed by atoms with van der Waals surface area (Å²) < 4.78 is 5.39. The van der Waals surface area contributed by atoms with Gasteiger partial charge in [0, 0.05) is 12.1 Å². The Labute approximate surface area is 115 Å². The fourth-order valence-corrected chi connectivity index (χ4v) is 2.71. The summed E-state index contributed by atoms with van der Waals surface area (Å²) in [4.78, 5) is 11.9. The SMILES string of the molecule is CC(C)(C)OC(=O)CC1CCc2c(N)cccc2C1. The van der Waals surface area contributed by atoms with Crippen LogP contribution in [0.25, 0.3) is 0 Å². The van der Waals surface area contributed by atoms with Crippen LogP contribution in [0.5, 0.6) is 0 Å². The number of nitrogen functional groups attached to an aromatic ring is 1. The lowest BCUT2D eigenvalue weighted by atomic mass is 9.81. The van der Waals surface area contributed by atoms with Crippen LogP contribution in [0, 0.1) is 5.92 Å². The molecule has 1 aliphatic carbocycles. The Morgan fingerprint density at radius 3 is 2.84 bits per heavy atom. The summed E-state index contributed by atoms with van der Waals surface area (Å²) in [6.07, 6.45) is 3.42. The third kappa shape index (κ3) is 3.72. The van der Waals surface area contributed by atoms with Crippen LogP contribution < -0.4 is 5.73 Å². The van der Waals surface area contributed by atoms with E-state index >= 15 is 0 Å². The highest BCUT2D eigenvalue weighted by atomic mass is 16.6. The van der Waals surface area contributed by atoms with Crippen molar-refractivity contribution < 1.29 is 9.53 Å². The standard InChI is InChI=1S/C16H23NO2/c1-16(2,3)19-15(18)10-11-7-8-13-12(9-11)5-4-6-14(13)17/h4-6,11H,7-10,17H2,1-3H3. The van der Waals surface area contributed by atoms with Crippen molar-refractivity contribution >= 4 is 11.7 Å². The minimum Gasteiger partial charge on any atom is -0.460 e. The molecule has 3 nitrogen and oxygen atoms in total. The van der Waals surface area contributed by atoms with Gasteiger partial charge >= 0.3 is 5.97 Å². The Morgan fingerprint density at radius 2 is 2.16 bits per heavy atom. The van der Waals surface area contributed by atoms with Crippen LogP contribution in [0.2, 0.25) is 0 Å². The van der Waals surface area contributed by atoms with Crippen molar-refractivity contribution in [2.45, 2.75) is 52.1 Å². The number of rotatable bonds is 2. The van der Waals surface area contributed by atoms with E-state index < -0.39 is 5.60 Å². The van der Waals surface area contributed by atoms with Gasteiger partial charge < -0.3 is 10.5 Å². The first-order valence-corrected chi connectivity index (χ1v) is 6.93. The third-order valence-electron chi connectivity index (χ3n) is 3.50. The van der Waals surface area contributed by atoms with Gasteiger partial charge in [-0.05, 0) is 63.1 Å². The molecule has 1 aliphatic rings. The molecule has 0 radical (unpaired) electrons. The molecule has 0 heterocycles. The Bertz CT molecular complexity index is 474. The second kappa shape index (κ2) is 5.24. The lowest BCUT2D eigenvalue weighted by Crippen LogP contribution is -2.27. The van der Waals surface area contributed by atoms with Crippen LogP contribution in [-0.4, -0.2) is 11.6 Å². The largest absolute Gasteiger partial charge is 0.460 e. The van der Waals surface area contributed by atoms with Crippen molar-refractivity contribution in [1.29, 1.82) is 0 Å². The number of esters is 1. The third-order valence-corrected chi connectivity index (χ3v) is 3.50. The second-order valence-corrected chi connectivity index (χ2v) is 6.38. The fourth-order valence-electron chi connectivity index (χ4n) is 2.71. The number of carbonyl (C=O) groups is 1. The first kappa shape index (κ1) is 13.9. The van der Waals surface area contributed by atoms with E-state index in [1.165, 1.54) is 11.1 Å². The molecule has 3 heteroatoms. The Balaban J connectivity index is 1.97. The molecule has 2 rings (SSSR count). The topological polar surface area (TPSA) is 52.3 Å². The summed E-state index contributed by atoms with van der Waals surface area (Å²) in [6.45, 7) is 5.71. The van der Waals surface area contributed by atoms with Gasteiger partial charge in [-0.15, -0.1) is 0 Å². The summed E-state index contributed by atoms with van der Waals surface area (Å²) in [6, 6.07) is 6.06. The van der Waals surface area contributed by atoms with Crippen LogP contribution in [0.1, 0.15) is 44.7 Å².